The summed E-state index contributed by atoms with van der Waals surface area (Å²) in [5.41, 5.74) is 1.61. The molecule has 0 bridgehead atoms. The van der Waals surface area contributed by atoms with Crippen molar-refractivity contribution in [2.24, 2.45) is 0 Å². The number of aromatic nitrogens is 4. The van der Waals surface area contributed by atoms with Gasteiger partial charge in [0.25, 0.3) is 0 Å². The van der Waals surface area contributed by atoms with E-state index in [0.717, 1.165) is 22.4 Å². The second-order valence-electron chi connectivity index (χ2n) is 5.37. The summed E-state index contributed by atoms with van der Waals surface area (Å²) in [5.74, 6) is 0.619. The van der Waals surface area contributed by atoms with Crippen molar-refractivity contribution in [2.75, 3.05) is 11.9 Å². The first kappa shape index (κ1) is 17.0. The molecule has 0 fully saturated rings. The van der Waals surface area contributed by atoms with Crippen LogP contribution in [0.4, 0.5) is 5.82 Å². The van der Waals surface area contributed by atoms with Crippen molar-refractivity contribution in [2.45, 2.75) is 36.4 Å². The standard InChI is InChI=1S/C16H18ClN5OS/c1-3-11-13(17)12-14(19-7-9(2)23)21-16(22-15(12)20-11)24-10-5-4-6-18-8-10/h4-6,8-9,23H,3,7H2,1-2H3,(H2,19,20,21,22)/t9-/m0/s1. The summed E-state index contributed by atoms with van der Waals surface area (Å²) in [6.45, 7) is 4.12. The number of hydrogen-bond donors (Lipinski definition) is 3. The zero-order chi connectivity index (χ0) is 17.1. The second kappa shape index (κ2) is 7.38. The van der Waals surface area contributed by atoms with Crippen molar-refractivity contribution >= 4 is 40.2 Å². The minimum Gasteiger partial charge on any atom is -0.392 e. The van der Waals surface area contributed by atoms with Crippen LogP contribution >= 0.6 is 23.4 Å². The summed E-state index contributed by atoms with van der Waals surface area (Å²) in [6, 6.07) is 3.82. The first-order chi connectivity index (χ1) is 11.6. The molecule has 8 heteroatoms. The molecule has 0 aliphatic carbocycles. The molecule has 3 aromatic heterocycles. The van der Waals surface area contributed by atoms with Gasteiger partial charge in [-0.15, -0.1) is 0 Å². The van der Waals surface area contributed by atoms with E-state index in [-0.39, 0.29) is 0 Å². The summed E-state index contributed by atoms with van der Waals surface area (Å²) in [5, 5.41) is 14.7. The Hall–Kier alpha value is -1.83. The van der Waals surface area contributed by atoms with E-state index in [4.69, 9.17) is 11.6 Å². The molecule has 0 amide bonds. The molecule has 0 saturated heterocycles. The largest absolute Gasteiger partial charge is 0.392 e. The summed E-state index contributed by atoms with van der Waals surface area (Å²) < 4.78 is 0. The molecule has 3 rings (SSSR count). The van der Waals surface area contributed by atoms with Crippen LogP contribution in [-0.2, 0) is 6.42 Å². The lowest BCUT2D eigenvalue weighted by atomic mass is 10.3. The minimum absolute atomic E-state index is 0.381. The molecule has 0 aromatic carbocycles. The van der Waals surface area contributed by atoms with Crippen LogP contribution in [0.15, 0.2) is 34.6 Å². The smallest absolute Gasteiger partial charge is 0.196 e. The molecular formula is C16H18ClN5OS. The maximum absolute atomic E-state index is 9.55. The lowest BCUT2D eigenvalue weighted by molar-refractivity contribution is 0.208. The quantitative estimate of drug-likeness (QED) is 0.581. The molecule has 0 aliphatic heterocycles. The number of fused-ring (bicyclic) bond motifs is 1. The highest BCUT2D eigenvalue weighted by Crippen LogP contribution is 2.34. The number of aromatic amines is 1. The summed E-state index contributed by atoms with van der Waals surface area (Å²) in [4.78, 5) is 17.4. The van der Waals surface area contributed by atoms with Gasteiger partial charge in [-0.05, 0) is 37.2 Å². The molecule has 3 N–H and O–H groups in total. The highest BCUT2D eigenvalue weighted by molar-refractivity contribution is 7.99. The summed E-state index contributed by atoms with van der Waals surface area (Å²) in [6.07, 6.45) is 3.77. The lowest BCUT2D eigenvalue weighted by Gasteiger charge is -2.10. The minimum atomic E-state index is -0.493. The van der Waals surface area contributed by atoms with Gasteiger partial charge < -0.3 is 15.4 Å². The normalized spacial score (nSPS) is 12.5. The second-order valence-corrected chi connectivity index (χ2v) is 6.79. The highest BCUT2D eigenvalue weighted by atomic mass is 35.5. The molecule has 6 nitrogen and oxygen atoms in total. The van der Waals surface area contributed by atoms with Crippen molar-refractivity contribution < 1.29 is 5.11 Å². The van der Waals surface area contributed by atoms with Crippen LogP contribution in [0.2, 0.25) is 5.02 Å². The number of aryl methyl sites for hydroxylation is 1. The Bertz CT molecular complexity index is 837. The number of H-pyrrole nitrogens is 1. The third-order valence-corrected chi connectivity index (χ3v) is 4.66. The third-order valence-electron chi connectivity index (χ3n) is 3.40. The van der Waals surface area contributed by atoms with Gasteiger partial charge in [0.05, 0.1) is 16.5 Å². The SMILES string of the molecule is CCc1[nH]c2nc(Sc3cccnc3)nc(NC[C@H](C)O)c2c1Cl. The van der Waals surface area contributed by atoms with Crippen LogP contribution < -0.4 is 5.32 Å². The number of nitrogens with zero attached hydrogens (tertiary/aromatic N) is 3. The maximum atomic E-state index is 9.55. The van der Waals surface area contributed by atoms with Crippen LogP contribution in [0.3, 0.4) is 0 Å². The van der Waals surface area contributed by atoms with Gasteiger partial charge in [-0.3, -0.25) is 4.98 Å². The number of rotatable bonds is 6. The average molecular weight is 364 g/mol. The number of halogens is 1. The number of nitrogens with one attached hydrogen (secondary N) is 2. The Morgan fingerprint density at radius 1 is 1.42 bits per heavy atom. The molecule has 0 spiro atoms. The Morgan fingerprint density at radius 3 is 2.92 bits per heavy atom. The summed E-state index contributed by atoms with van der Waals surface area (Å²) in [7, 11) is 0. The molecule has 126 valence electrons. The predicted octanol–water partition coefficient (Wildman–Crippen LogP) is 3.51. The van der Waals surface area contributed by atoms with Crippen LogP contribution in [-0.4, -0.2) is 37.7 Å². The fourth-order valence-electron chi connectivity index (χ4n) is 2.26. The van der Waals surface area contributed by atoms with Gasteiger partial charge in [-0.25, -0.2) is 9.97 Å². The van der Waals surface area contributed by atoms with Gasteiger partial charge in [-0.2, -0.15) is 0 Å². The van der Waals surface area contributed by atoms with Crippen molar-refractivity contribution in [3.63, 3.8) is 0 Å². The van der Waals surface area contributed by atoms with Crippen LogP contribution in [0.5, 0.6) is 0 Å². The van der Waals surface area contributed by atoms with Gasteiger partial charge in [0.1, 0.15) is 11.5 Å². The molecule has 3 aromatic rings. The third kappa shape index (κ3) is 3.63. The zero-order valence-corrected chi connectivity index (χ0v) is 14.9. The van der Waals surface area contributed by atoms with E-state index >= 15 is 0 Å². The van der Waals surface area contributed by atoms with E-state index in [1.165, 1.54) is 11.8 Å². The van der Waals surface area contributed by atoms with Gasteiger partial charge in [0.15, 0.2) is 5.16 Å². The number of aliphatic hydroxyl groups excluding tert-OH is 1. The van der Waals surface area contributed by atoms with Gasteiger partial charge >= 0.3 is 0 Å². The Morgan fingerprint density at radius 2 is 2.25 bits per heavy atom. The van der Waals surface area contributed by atoms with Crippen molar-refractivity contribution in [3.05, 3.63) is 35.2 Å². The van der Waals surface area contributed by atoms with E-state index in [0.29, 0.717) is 28.2 Å². The van der Waals surface area contributed by atoms with Gasteiger partial charge in [0, 0.05) is 29.5 Å². The molecule has 3 heterocycles. The number of anilines is 1. The van der Waals surface area contributed by atoms with Gasteiger partial charge in [0.2, 0.25) is 0 Å². The topological polar surface area (TPSA) is 86.7 Å². The van der Waals surface area contributed by atoms with Crippen molar-refractivity contribution in [1.29, 1.82) is 0 Å². The molecule has 0 radical (unpaired) electrons. The lowest BCUT2D eigenvalue weighted by Crippen LogP contribution is -2.16. The number of hydrogen-bond acceptors (Lipinski definition) is 6. The molecular weight excluding hydrogens is 346 g/mol. The zero-order valence-electron chi connectivity index (χ0n) is 13.4. The Labute approximate surface area is 149 Å². The fraction of sp³-hybridized carbons (Fsp3) is 0.312. The van der Waals surface area contributed by atoms with E-state index in [1.807, 2.05) is 19.1 Å². The van der Waals surface area contributed by atoms with Crippen LogP contribution in [0.1, 0.15) is 19.5 Å². The van der Waals surface area contributed by atoms with E-state index in [2.05, 4.69) is 25.3 Å². The molecule has 0 saturated carbocycles. The van der Waals surface area contributed by atoms with E-state index < -0.39 is 6.10 Å². The molecule has 1 atom stereocenters. The first-order valence-corrected chi connectivity index (χ1v) is 8.85. The van der Waals surface area contributed by atoms with E-state index in [9.17, 15) is 5.11 Å². The number of aliphatic hydroxyl groups is 1. The first-order valence-electron chi connectivity index (χ1n) is 7.66. The predicted molar refractivity (Wildman–Crippen MR) is 96.8 cm³/mol. The molecule has 0 unspecified atom stereocenters. The van der Waals surface area contributed by atoms with Crippen molar-refractivity contribution in [3.8, 4) is 0 Å². The number of pyridine rings is 1. The highest BCUT2D eigenvalue weighted by Gasteiger charge is 2.17. The van der Waals surface area contributed by atoms with Gasteiger partial charge in [-0.1, -0.05) is 18.5 Å². The Kier molecular flexibility index (Phi) is 5.23. The van der Waals surface area contributed by atoms with E-state index in [1.54, 1.807) is 19.3 Å². The van der Waals surface area contributed by atoms with Crippen LogP contribution in [0.25, 0.3) is 11.0 Å². The molecule has 0 aliphatic rings. The van der Waals surface area contributed by atoms with Crippen LogP contribution in [0, 0.1) is 0 Å². The fourth-order valence-corrected chi connectivity index (χ4v) is 3.37. The maximum Gasteiger partial charge on any atom is 0.196 e. The summed E-state index contributed by atoms with van der Waals surface area (Å²) >= 11 is 7.88. The molecule has 24 heavy (non-hydrogen) atoms. The Balaban J connectivity index is 2.04. The monoisotopic (exact) mass is 363 g/mol. The van der Waals surface area contributed by atoms with Crippen molar-refractivity contribution in [1.82, 2.24) is 19.9 Å². The average Bonchev–Trinajstić information content (AvgIpc) is 2.89.